The Bertz CT molecular complexity index is 145. The number of carbonyl (C=O) groups is 1. The molecular formula is C4H5NO3. The second-order valence-corrected chi connectivity index (χ2v) is 1.17. The van der Waals surface area contributed by atoms with Crippen LogP contribution in [0, 0.1) is 0 Å². The smallest absolute Gasteiger partial charge is 0.281 e. The molecule has 44 valence electrons. The van der Waals surface area contributed by atoms with Crippen LogP contribution in [-0.4, -0.2) is 17.1 Å². The van der Waals surface area contributed by atoms with Gasteiger partial charge in [0.2, 0.25) is 0 Å². The summed E-state index contributed by atoms with van der Waals surface area (Å²) < 4.78 is 0. The average molecular weight is 115 g/mol. The molecule has 0 atom stereocenters. The standard InChI is InChI=1S/C4H5NO3/c1-3(2-6)4(7)5-8/h8H,1H3,(H,5,7). The second-order valence-electron chi connectivity index (χ2n) is 1.17. The van der Waals surface area contributed by atoms with Crippen molar-refractivity contribution in [2.75, 3.05) is 0 Å². The topological polar surface area (TPSA) is 66.4 Å². The lowest BCUT2D eigenvalue weighted by Gasteiger charge is -1.88. The Labute approximate surface area is 45.8 Å². The van der Waals surface area contributed by atoms with E-state index in [0.717, 1.165) is 0 Å². The van der Waals surface area contributed by atoms with Crippen LogP contribution >= 0.6 is 0 Å². The average Bonchev–Trinajstić information content (AvgIpc) is 1.84. The van der Waals surface area contributed by atoms with Crippen molar-refractivity contribution in [2.45, 2.75) is 6.92 Å². The van der Waals surface area contributed by atoms with E-state index in [1.165, 1.54) is 18.3 Å². The molecule has 0 rings (SSSR count). The van der Waals surface area contributed by atoms with Gasteiger partial charge < -0.3 is 0 Å². The van der Waals surface area contributed by atoms with Crippen molar-refractivity contribution >= 4 is 11.8 Å². The molecule has 0 radical (unpaired) electrons. The van der Waals surface area contributed by atoms with Gasteiger partial charge in [-0.3, -0.25) is 10.0 Å². The summed E-state index contributed by atoms with van der Waals surface area (Å²) in [5.41, 5.74) is 1.10. The summed E-state index contributed by atoms with van der Waals surface area (Å²) in [6.07, 6.45) is 0. The van der Waals surface area contributed by atoms with Crippen LogP contribution in [0.1, 0.15) is 6.92 Å². The Hall–Kier alpha value is -1.12. The number of hydroxylamine groups is 1. The van der Waals surface area contributed by atoms with Crippen molar-refractivity contribution in [1.82, 2.24) is 5.48 Å². The van der Waals surface area contributed by atoms with Crippen LogP contribution in [0.5, 0.6) is 0 Å². The van der Waals surface area contributed by atoms with Gasteiger partial charge in [-0.2, -0.15) is 0 Å². The molecule has 0 saturated heterocycles. The number of hydrogen-bond donors (Lipinski definition) is 2. The van der Waals surface area contributed by atoms with E-state index in [1.807, 2.05) is 0 Å². The van der Waals surface area contributed by atoms with Gasteiger partial charge in [0.1, 0.15) is 5.94 Å². The molecule has 4 nitrogen and oxygen atoms in total. The van der Waals surface area contributed by atoms with Gasteiger partial charge in [0.25, 0.3) is 5.91 Å². The van der Waals surface area contributed by atoms with Crippen LogP contribution in [-0.2, 0) is 9.59 Å². The minimum absolute atomic E-state index is 0.174. The van der Waals surface area contributed by atoms with Gasteiger partial charge >= 0.3 is 0 Å². The molecule has 1 amide bonds. The van der Waals surface area contributed by atoms with Gasteiger partial charge in [-0.1, -0.05) is 0 Å². The largest absolute Gasteiger partial charge is 0.288 e. The number of carbonyl (C=O) groups excluding carboxylic acids is 2. The highest BCUT2D eigenvalue weighted by molar-refractivity contribution is 5.99. The molecular weight excluding hydrogens is 110 g/mol. The van der Waals surface area contributed by atoms with Gasteiger partial charge in [0.05, 0.1) is 5.57 Å². The van der Waals surface area contributed by atoms with E-state index in [4.69, 9.17) is 5.21 Å². The maximum Gasteiger partial charge on any atom is 0.281 e. The van der Waals surface area contributed by atoms with Crippen molar-refractivity contribution in [2.24, 2.45) is 0 Å². The van der Waals surface area contributed by atoms with E-state index in [-0.39, 0.29) is 5.57 Å². The highest BCUT2D eigenvalue weighted by atomic mass is 16.5. The first-order chi connectivity index (χ1) is 3.72. The van der Waals surface area contributed by atoms with Crippen molar-refractivity contribution in [3.05, 3.63) is 5.57 Å². The fraction of sp³-hybridized carbons (Fsp3) is 0.250. The maximum atomic E-state index is 10.1. The van der Waals surface area contributed by atoms with Gasteiger partial charge in [-0.05, 0) is 6.92 Å². The van der Waals surface area contributed by atoms with Crippen molar-refractivity contribution in [3.8, 4) is 0 Å². The number of hydrogen-bond acceptors (Lipinski definition) is 3. The first kappa shape index (κ1) is 6.88. The minimum Gasteiger partial charge on any atom is -0.288 e. The van der Waals surface area contributed by atoms with Crippen LogP contribution in [0.15, 0.2) is 5.57 Å². The van der Waals surface area contributed by atoms with E-state index in [2.05, 4.69) is 0 Å². The van der Waals surface area contributed by atoms with Crippen LogP contribution < -0.4 is 5.48 Å². The SMILES string of the molecule is CC(=C=O)C(=O)NO. The van der Waals surface area contributed by atoms with Crippen LogP contribution in [0.2, 0.25) is 0 Å². The third kappa shape index (κ3) is 1.55. The third-order valence-electron chi connectivity index (χ3n) is 0.595. The zero-order valence-corrected chi connectivity index (χ0v) is 4.26. The van der Waals surface area contributed by atoms with E-state index >= 15 is 0 Å². The van der Waals surface area contributed by atoms with Gasteiger partial charge in [0, 0.05) is 0 Å². The molecule has 8 heavy (non-hydrogen) atoms. The summed E-state index contributed by atoms with van der Waals surface area (Å²) in [4.78, 5) is 19.7. The lowest BCUT2D eigenvalue weighted by atomic mass is 10.3. The summed E-state index contributed by atoms with van der Waals surface area (Å²) in [6, 6.07) is 0. The Kier molecular flexibility index (Phi) is 2.54. The van der Waals surface area contributed by atoms with Gasteiger partial charge in [-0.25, -0.2) is 10.3 Å². The van der Waals surface area contributed by atoms with E-state index in [9.17, 15) is 9.59 Å². The third-order valence-corrected chi connectivity index (χ3v) is 0.595. The molecule has 0 bridgehead atoms. The summed E-state index contributed by atoms with van der Waals surface area (Å²) >= 11 is 0. The molecule has 0 aliphatic heterocycles. The number of amides is 1. The molecule has 0 saturated carbocycles. The molecule has 0 heterocycles. The van der Waals surface area contributed by atoms with Crippen molar-refractivity contribution < 1.29 is 14.8 Å². The first-order valence-corrected chi connectivity index (χ1v) is 1.88. The van der Waals surface area contributed by atoms with E-state index in [0.29, 0.717) is 0 Å². The molecule has 4 heteroatoms. The molecule has 0 aliphatic rings. The Morgan fingerprint density at radius 3 is 2.38 bits per heavy atom. The van der Waals surface area contributed by atoms with E-state index in [1.54, 1.807) is 0 Å². The summed E-state index contributed by atoms with van der Waals surface area (Å²) in [5, 5.41) is 7.84. The minimum atomic E-state index is -0.819. The number of rotatable bonds is 1. The second kappa shape index (κ2) is 2.96. The predicted octanol–water partition coefficient (Wildman–Crippen LogP) is -0.730. The van der Waals surface area contributed by atoms with Crippen LogP contribution in [0.25, 0.3) is 0 Å². The lowest BCUT2D eigenvalue weighted by Crippen LogP contribution is -2.19. The Morgan fingerprint density at radius 2 is 2.25 bits per heavy atom. The Morgan fingerprint density at radius 1 is 1.75 bits per heavy atom. The zero-order chi connectivity index (χ0) is 6.57. The van der Waals surface area contributed by atoms with Gasteiger partial charge in [-0.15, -0.1) is 0 Å². The normalized spacial score (nSPS) is 7.25. The van der Waals surface area contributed by atoms with E-state index < -0.39 is 5.91 Å². The summed E-state index contributed by atoms with van der Waals surface area (Å²) in [7, 11) is 0. The quantitative estimate of drug-likeness (QED) is 0.205. The maximum absolute atomic E-state index is 10.1. The summed E-state index contributed by atoms with van der Waals surface area (Å²) in [5.74, 6) is 0.491. The highest BCUT2D eigenvalue weighted by Crippen LogP contribution is 1.80. The number of nitrogens with one attached hydrogen (secondary N) is 1. The van der Waals surface area contributed by atoms with Crippen molar-refractivity contribution in [1.29, 1.82) is 0 Å². The van der Waals surface area contributed by atoms with Gasteiger partial charge in [0.15, 0.2) is 0 Å². The fourth-order valence-electron chi connectivity index (χ4n) is 0.130. The molecule has 0 aromatic carbocycles. The molecule has 2 N–H and O–H groups in total. The molecule has 0 fully saturated rings. The Balaban J connectivity index is 4.04. The first-order valence-electron chi connectivity index (χ1n) is 1.88. The molecule has 0 aromatic heterocycles. The van der Waals surface area contributed by atoms with Crippen LogP contribution in [0.3, 0.4) is 0 Å². The zero-order valence-electron chi connectivity index (χ0n) is 4.26. The lowest BCUT2D eigenvalue weighted by molar-refractivity contribution is -0.125. The monoisotopic (exact) mass is 115 g/mol. The van der Waals surface area contributed by atoms with Crippen LogP contribution in [0.4, 0.5) is 0 Å². The highest BCUT2D eigenvalue weighted by Gasteiger charge is 1.99. The molecule has 0 spiro atoms. The molecule has 0 aromatic rings. The predicted molar refractivity (Wildman–Crippen MR) is 24.8 cm³/mol. The molecule has 0 aliphatic carbocycles. The van der Waals surface area contributed by atoms with Crippen molar-refractivity contribution in [3.63, 3.8) is 0 Å². The fourth-order valence-corrected chi connectivity index (χ4v) is 0.130. The molecule has 0 unspecified atom stereocenters. The summed E-state index contributed by atoms with van der Waals surface area (Å²) in [6.45, 7) is 1.25.